The highest BCUT2D eigenvalue weighted by atomic mass is 32.2. The number of para-hydroxylation sites is 1. The highest BCUT2D eigenvalue weighted by Crippen LogP contribution is 2.28. The fourth-order valence-electron chi connectivity index (χ4n) is 4.99. The predicted octanol–water partition coefficient (Wildman–Crippen LogP) is 6.71. The highest BCUT2D eigenvalue weighted by Gasteiger charge is 2.33. The van der Waals surface area contributed by atoms with Crippen LogP contribution in [0.2, 0.25) is 0 Å². The lowest BCUT2D eigenvalue weighted by Gasteiger charge is -2.33. The molecule has 0 saturated heterocycles. The molecule has 0 spiro atoms. The number of hydrogen-bond donors (Lipinski definition) is 1. The summed E-state index contributed by atoms with van der Waals surface area (Å²) in [5, 5.41) is 2.96. The predicted molar refractivity (Wildman–Crippen MR) is 178 cm³/mol. The van der Waals surface area contributed by atoms with Crippen LogP contribution in [0.1, 0.15) is 44.2 Å². The van der Waals surface area contributed by atoms with Crippen molar-refractivity contribution in [3.8, 4) is 11.5 Å². The summed E-state index contributed by atoms with van der Waals surface area (Å²) in [4.78, 5) is 29.2. The Bertz CT molecular complexity index is 1650. The van der Waals surface area contributed by atoms with Crippen LogP contribution in [0.3, 0.4) is 0 Å². The zero-order chi connectivity index (χ0) is 32.2. The number of hydrogen-bond acceptors (Lipinski definition) is 5. The van der Waals surface area contributed by atoms with Gasteiger partial charge >= 0.3 is 0 Å². The standard InChI is InChI=1S/C36H41N3O5S/c1-4-6-24-37-36(41)34(5-2)38(26-29-15-13-14-28(3)25-29)35(40)27-39(45(42,43)33-18-11-8-12-19-33)30-20-22-32(23-21-30)44-31-16-9-7-10-17-31/h7-23,25,34H,4-6,24,26-27H2,1-3H3,(H,37,41)/t34-/m0/s1. The van der Waals surface area contributed by atoms with E-state index in [0.29, 0.717) is 30.2 Å². The van der Waals surface area contributed by atoms with Crippen LogP contribution >= 0.6 is 0 Å². The van der Waals surface area contributed by atoms with Gasteiger partial charge in [-0.1, -0.05) is 86.5 Å². The molecule has 45 heavy (non-hydrogen) atoms. The summed E-state index contributed by atoms with van der Waals surface area (Å²) in [5.74, 6) is 0.415. The maximum atomic E-state index is 14.3. The monoisotopic (exact) mass is 627 g/mol. The summed E-state index contributed by atoms with van der Waals surface area (Å²) >= 11 is 0. The average molecular weight is 628 g/mol. The van der Waals surface area contributed by atoms with Crippen molar-refractivity contribution in [2.24, 2.45) is 0 Å². The van der Waals surface area contributed by atoms with E-state index < -0.39 is 28.5 Å². The molecule has 9 heteroatoms. The van der Waals surface area contributed by atoms with Crippen molar-refractivity contribution < 1.29 is 22.7 Å². The lowest BCUT2D eigenvalue weighted by Crippen LogP contribution is -2.52. The normalized spacial score (nSPS) is 11.8. The molecular formula is C36H41N3O5S. The molecule has 4 aromatic rings. The zero-order valence-corrected chi connectivity index (χ0v) is 26.9. The molecular weight excluding hydrogens is 586 g/mol. The topological polar surface area (TPSA) is 96.0 Å². The van der Waals surface area contributed by atoms with E-state index in [0.717, 1.165) is 28.3 Å². The Morgan fingerprint density at radius 2 is 1.47 bits per heavy atom. The van der Waals surface area contributed by atoms with Crippen LogP contribution < -0.4 is 14.4 Å². The second-order valence-electron chi connectivity index (χ2n) is 10.8. The maximum absolute atomic E-state index is 14.3. The number of sulfonamides is 1. The SMILES string of the molecule is CCCCNC(=O)[C@H](CC)N(Cc1cccc(C)c1)C(=O)CN(c1ccc(Oc2ccccc2)cc1)S(=O)(=O)c1ccccc1. The number of benzene rings is 4. The van der Waals surface area contributed by atoms with Gasteiger partial charge in [-0.2, -0.15) is 0 Å². The van der Waals surface area contributed by atoms with Crippen LogP contribution in [0, 0.1) is 6.92 Å². The number of nitrogens with one attached hydrogen (secondary N) is 1. The van der Waals surface area contributed by atoms with Gasteiger partial charge in [0.2, 0.25) is 11.8 Å². The van der Waals surface area contributed by atoms with E-state index in [1.54, 1.807) is 42.5 Å². The lowest BCUT2D eigenvalue weighted by molar-refractivity contribution is -0.140. The Morgan fingerprint density at radius 1 is 0.822 bits per heavy atom. The molecule has 1 atom stereocenters. The van der Waals surface area contributed by atoms with E-state index in [-0.39, 0.29) is 17.3 Å². The number of amides is 2. The zero-order valence-electron chi connectivity index (χ0n) is 26.1. The number of unbranched alkanes of at least 4 members (excludes halogenated alkanes) is 1. The molecule has 1 N–H and O–H groups in total. The third-order valence-corrected chi connectivity index (χ3v) is 9.15. The van der Waals surface area contributed by atoms with E-state index in [9.17, 15) is 18.0 Å². The molecule has 236 valence electrons. The fraction of sp³-hybridized carbons (Fsp3) is 0.278. The van der Waals surface area contributed by atoms with Gasteiger partial charge in [0.05, 0.1) is 10.6 Å². The number of aryl methyl sites for hydroxylation is 1. The first-order chi connectivity index (χ1) is 21.7. The van der Waals surface area contributed by atoms with Crippen molar-refractivity contribution in [3.05, 3.63) is 120 Å². The molecule has 0 saturated carbocycles. The Hall–Kier alpha value is -4.63. The number of carbonyl (C=O) groups excluding carboxylic acids is 2. The molecule has 0 heterocycles. The molecule has 0 fully saturated rings. The minimum atomic E-state index is -4.16. The van der Waals surface area contributed by atoms with Crippen molar-refractivity contribution in [2.45, 2.75) is 57.5 Å². The van der Waals surface area contributed by atoms with Gasteiger partial charge in [-0.05, 0) is 73.9 Å². The number of carbonyl (C=O) groups is 2. The quantitative estimate of drug-likeness (QED) is 0.148. The van der Waals surface area contributed by atoms with Gasteiger partial charge in [0.15, 0.2) is 0 Å². The van der Waals surface area contributed by atoms with Gasteiger partial charge in [0, 0.05) is 13.1 Å². The number of rotatable bonds is 15. The third-order valence-electron chi connectivity index (χ3n) is 7.36. The Kier molecular flexibility index (Phi) is 11.8. The second-order valence-corrected chi connectivity index (χ2v) is 12.7. The van der Waals surface area contributed by atoms with Gasteiger partial charge in [0.25, 0.3) is 10.0 Å². The molecule has 4 rings (SSSR count). The van der Waals surface area contributed by atoms with Crippen molar-refractivity contribution in [2.75, 3.05) is 17.4 Å². The summed E-state index contributed by atoms with van der Waals surface area (Å²) in [6.07, 6.45) is 2.11. The van der Waals surface area contributed by atoms with E-state index in [2.05, 4.69) is 5.32 Å². The van der Waals surface area contributed by atoms with E-state index in [1.807, 2.05) is 75.4 Å². The second kappa shape index (κ2) is 15.9. The summed E-state index contributed by atoms with van der Waals surface area (Å²) in [6.45, 7) is 6.02. The molecule has 0 aliphatic carbocycles. The number of nitrogens with zero attached hydrogens (tertiary/aromatic N) is 2. The summed E-state index contributed by atoms with van der Waals surface area (Å²) in [7, 11) is -4.16. The molecule has 4 aromatic carbocycles. The van der Waals surface area contributed by atoms with Crippen LogP contribution in [0.5, 0.6) is 11.5 Å². The van der Waals surface area contributed by atoms with Gasteiger partial charge < -0.3 is 15.0 Å². The smallest absolute Gasteiger partial charge is 0.264 e. The molecule has 8 nitrogen and oxygen atoms in total. The van der Waals surface area contributed by atoms with Gasteiger partial charge in [-0.15, -0.1) is 0 Å². The Labute approximate surface area is 266 Å². The van der Waals surface area contributed by atoms with Gasteiger partial charge in [-0.25, -0.2) is 8.42 Å². The minimum Gasteiger partial charge on any atom is -0.457 e. The lowest BCUT2D eigenvalue weighted by atomic mass is 10.1. The molecule has 0 radical (unpaired) electrons. The van der Waals surface area contributed by atoms with Crippen LogP contribution in [0.4, 0.5) is 5.69 Å². The molecule has 0 aliphatic rings. The Balaban J connectivity index is 1.70. The molecule has 2 amide bonds. The van der Waals surface area contributed by atoms with Crippen LogP contribution in [0.25, 0.3) is 0 Å². The van der Waals surface area contributed by atoms with Crippen LogP contribution in [-0.4, -0.2) is 44.3 Å². The first-order valence-electron chi connectivity index (χ1n) is 15.3. The maximum Gasteiger partial charge on any atom is 0.264 e. The highest BCUT2D eigenvalue weighted by molar-refractivity contribution is 7.92. The summed E-state index contributed by atoms with van der Waals surface area (Å²) < 4.78 is 35.1. The van der Waals surface area contributed by atoms with E-state index in [1.165, 1.54) is 17.0 Å². The third kappa shape index (κ3) is 8.95. The van der Waals surface area contributed by atoms with Gasteiger partial charge in [-0.3, -0.25) is 13.9 Å². The fourth-order valence-corrected chi connectivity index (χ4v) is 6.42. The molecule has 0 bridgehead atoms. The summed E-state index contributed by atoms with van der Waals surface area (Å²) in [5.41, 5.74) is 2.16. The number of anilines is 1. The molecule has 0 aromatic heterocycles. The van der Waals surface area contributed by atoms with Gasteiger partial charge in [0.1, 0.15) is 24.1 Å². The van der Waals surface area contributed by atoms with Crippen molar-refractivity contribution in [1.82, 2.24) is 10.2 Å². The average Bonchev–Trinajstić information content (AvgIpc) is 3.05. The molecule has 0 aliphatic heterocycles. The summed E-state index contributed by atoms with van der Waals surface area (Å²) in [6, 6.07) is 30.8. The van der Waals surface area contributed by atoms with Crippen molar-refractivity contribution >= 4 is 27.5 Å². The van der Waals surface area contributed by atoms with Crippen molar-refractivity contribution in [1.29, 1.82) is 0 Å². The largest absolute Gasteiger partial charge is 0.457 e. The Morgan fingerprint density at radius 3 is 2.09 bits per heavy atom. The van der Waals surface area contributed by atoms with Crippen LogP contribution in [0.15, 0.2) is 114 Å². The van der Waals surface area contributed by atoms with Crippen molar-refractivity contribution in [3.63, 3.8) is 0 Å². The first-order valence-corrected chi connectivity index (χ1v) is 16.7. The molecule has 0 unspecified atom stereocenters. The van der Waals surface area contributed by atoms with E-state index in [4.69, 9.17) is 4.74 Å². The van der Waals surface area contributed by atoms with E-state index >= 15 is 0 Å². The minimum absolute atomic E-state index is 0.0528. The van der Waals surface area contributed by atoms with Crippen LogP contribution in [-0.2, 0) is 26.2 Å². The first kappa shape index (κ1) is 33.3. The number of ether oxygens (including phenoxy) is 1.